The summed E-state index contributed by atoms with van der Waals surface area (Å²) in [5.74, 6) is 1.85. The summed E-state index contributed by atoms with van der Waals surface area (Å²) in [6.45, 7) is 0. The zero-order valence-electron chi connectivity index (χ0n) is 7.62. The molecule has 1 unspecified atom stereocenters. The number of hydrogen-bond donors (Lipinski definition) is 0. The van der Waals surface area contributed by atoms with Crippen molar-refractivity contribution in [1.82, 2.24) is 5.06 Å². The zero-order chi connectivity index (χ0) is 8.72. The third kappa shape index (κ3) is 1.04. The molecule has 0 saturated heterocycles. The Kier molecular flexibility index (Phi) is 1.83. The lowest BCUT2D eigenvalue weighted by molar-refractivity contribution is -0.171. The van der Waals surface area contributed by atoms with E-state index in [1.165, 1.54) is 31.4 Å². The van der Waals surface area contributed by atoms with Gasteiger partial charge in [-0.25, -0.2) is 5.06 Å². The smallest absolute Gasteiger partial charge is 0.249 e. The molecule has 0 aliphatic heterocycles. The van der Waals surface area contributed by atoms with E-state index in [1.807, 2.05) is 0 Å². The van der Waals surface area contributed by atoms with Crippen LogP contribution in [0.1, 0.15) is 19.3 Å². The van der Waals surface area contributed by atoms with Crippen LogP contribution in [-0.2, 0) is 9.63 Å². The topological polar surface area (TPSA) is 29.5 Å². The summed E-state index contributed by atoms with van der Waals surface area (Å²) in [6.07, 6.45) is 3.81. The molecule has 12 heavy (non-hydrogen) atoms. The standard InChI is InChI=1S/C9H15NO2/c1-10(12-2)9(11)8-6-4-3-5-7(6)8/h6-8H,3-5H2,1-2H3/t6-,7+,8?. The predicted molar refractivity (Wildman–Crippen MR) is 44.1 cm³/mol. The highest BCUT2D eigenvalue weighted by Crippen LogP contribution is 2.57. The molecular formula is C9H15NO2. The van der Waals surface area contributed by atoms with Gasteiger partial charge < -0.3 is 0 Å². The van der Waals surface area contributed by atoms with E-state index in [1.54, 1.807) is 7.05 Å². The highest BCUT2D eigenvalue weighted by molar-refractivity contribution is 5.81. The van der Waals surface area contributed by atoms with E-state index in [-0.39, 0.29) is 5.91 Å². The minimum atomic E-state index is 0.173. The first-order valence-electron chi connectivity index (χ1n) is 4.57. The molecule has 3 atom stereocenters. The van der Waals surface area contributed by atoms with E-state index in [0.717, 1.165) is 0 Å². The van der Waals surface area contributed by atoms with E-state index >= 15 is 0 Å². The van der Waals surface area contributed by atoms with Gasteiger partial charge in [-0.2, -0.15) is 0 Å². The monoisotopic (exact) mass is 169 g/mol. The van der Waals surface area contributed by atoms with Crippen LogP contribution in [0.5, 0.6) is 0 Å². The second kappa shape index (κ2) is 2.73. The Bertz CT molecular complexity index is 195. The number of hydrogen-bond acceptors (Lipinski definition) is 2. The van der Waals surface area contributed by atoms with E-state index in [0.29, 0.717) is 17.8 Å². The minimum absolute atomic E-state index is 0.173. The van der Waals surface area contributed by atoms with Crippen LogP contribution in [0.15, 0.2) is 0 Å². The first kappa shape index (κ1) is 8.05. The molecule has 68 valence electrons. The molecule has 2 aliphatic rings. The zero-order valence-corrected chi connectivity index (χ0v) is 7.62. The molecule has 0 heterocycles. The summed E-state index contributed by atoms with van der Waals surface area (Å²) in [4.78, 5) is 16.4. The van der Waals surface area contributed by atoms with Gasteiger partial charge in [0.25, 0.3) is 0 Å². The SMILES string of the molecule is CON(C)C(=O)C1[C@H]2CCC[C@@H]12. The van der Waals surface area contributed by atoms with Crippen molar-refractivity contribution in [2.24, 2.45) is 17.8 Å². The van der Waals surface area contributed by atoms with Crippen molar-refractivity contribution in [3.8, 4) is 0 Å². The number of rotatable bonds is 2. The van der Waals surface area contributed by atoms with Crippen LogP contribution in [0.3, 0.4) is 0 Å². The Hall–Kier alpha value is -0.570. The molecule has 0 bridgehead atoms. The molecule has 3 nitrogen and oxygen atoms in total. The van der Waals surface area contributed by atoms with Crippen molar-refractivity contribution in [3.63, 3.8) is 0 Å². The summed E-state index contributed by atoms with van der Waals surface area (Å²) in [7, 11) is 3.23. The molecule has 0 aromatic rings. The summed E-state index contributed by atoms with van der Waals surface area (Å²) < 4.78 is 0. The van der Waals surface area contributed by atoms with Crippen LogP contribution in [0.2, 0.25) is 0 Å². The first-order valence-corrected chi connectivity index (χ1v) is 4.57. The number of hydroxylamine groups is 2. The fraction of sp³-hybridized carbons (Fsp3) is 0.889. The molecule has 1 amide bonds. The molecule has 0 aromatic carbocycles. The van der Waals surface area contributed by atoms with Crippen molar-refractivity contribution in [2.75, 3.05) is 14.2 Å². The van der Waals surface area contributed by atoms with Crippen molar-refractivity contribution in [3.05, 3.63) is 0 Å². The fourth-order valence-corrected chi connectivity index (χ4v) is 2.49. The Morgan fingerprint density at radius 3 is 2.50 bits per heavy atom. The van der Waals surface area contributed by atoms with Gasteiger partial charge >= 0.3 is 0 Å². The second-order valence-corrected chi connectivity index (χ2v) is 3.80. The van der Waals surface area contributed by atoms with Gasteiger partial charge in [0.05, 0.1) is 7.11 Å². The maximum absolute atomic E-state index is 11.6. The quantitative estimate of drug-likeness (QED) is 0.578. The summed E-state index contributed by atoms with van der Waals surface area (Å²) >= 11 is 0. The Labute approximate surface area is 72.6 Å². The average Bonchev–Trinajstić information content (AvgIpc) is 2.56. The van der Waals surface area contributed by atoms with Crippen LogP contribution in [0.4, 0.5) is 0 Å². The van der Waals surface area contributed by atoms with E-state index < -0.39 is 0 Å². The summed E-state index contributed by atoms with van der Waals surface area (Å²) in [6, 6.07) is 0. The van der Waals surface area contributed by atoms with E-state index in [9.17, 15) is 4.79 Å². The number of amides is 1. The van der Waals surface area contributed by atoms with Crippen molar-refractivity contribution >= 4 is 5.91 Å². The van der Waals surface area contributed by atoms with Crippen LogP contribution in [0.25, 0.3) is 0 Å². The molecule has 2 fully saturated rings. The van der Waals surface area contributed by atoms with Crippen molar-refractivity contribution < 1.29 is 9.63 Å². The number of carbonyl (C=O) groups is 1. The number of carbonyl (C=O) groups excluding carboxylic acids is 1. The lowest BCUT2D eigenvalue weighted by Crippen LogP contribution is -2.28. The van der Waals surface area contributed by atoms with Gasteiger partial charge in [0.15, 0.2) is 0 Å². The highest BCUT2D eigenvalue weighted by Gasteiger charge is 2.57. The Morgan fingerprint density at radius 2 is 2.00 bits per heavy atom. The van der Waals surface area contributed by atoms with E-state index in [2.05, 4.69) is 0 Å². The summed E-state index contributed by atoms with van der Waals surface area (Å²) in [5, 5.41) is 1.36. The largest absolute Gasteiger partial charge is 0.275 e. The maximum Gasteiger partial charge on any atom is 0.249 e. The number of fused-ring (bicyclic) bond motifs is 1. The lowest BCUT2D eigenvalue weighted by atomic mass is 10.1. The molecule has 0 aromatic heterocycles. The van der Waals surface area contributed by atoms with Gasteiger partial charge in [-0.05, 0) is 24.7 Å². The van der Waals surface area contributed by atoms with Gasteiger partial charge in [-0.1, -0.05) is 6.42 Å². The van der Waals surface area contributed by atoms with Crippen LogP contribution in [-0.4, -0.2) is 25.1 Å². The predicted octanol–water partition coefficient (Wildman–Crippen LogP) is 1.05. The van der Waals surface area contributed by atoms with Crippen LogP contribution >= 0.6 is 0 Å². The fourth-order valence-electron chi connectivity index (χ4n) is 2.49. The van der Waals surface area contributed by atoms with Crippen molar-refractivity contribution in [2.45, 2.75) is 19.3 Å². The molecule has 0 spiro atoms. The Balaban J connectivity index is 1.91. The van der Waals surface area contributed by atoms with Gasteiger partial charge in [0.1, 0.15) is 0 Å². The van der Waals surface area contributed by atoms with Crippen molar-refractivity contribution in [1.29, 1.82) is 0 Å². The first-order chi connectivity index (χ1) is 5.75. The Morgan fingerprint density at radius 1 is 1.42 bits per heavy atom. The average molecular weight is 169 g/mol. The molecule has 2 aliphatic carbocycles. The third-order valence-electron chi connectivity index (χ3n) is 3.28. The van der Waals surface area contributed by atoms with Gasteiger partial charge in [-0.15, -0.1) is 0 Å². The van der Waals surface area contributed by atoms with Gasteiger partial charge in [0, 0.05) is 13.0 Å². The number of nitrogens with zero attached hydrogens (tertiary/aromatic N) is 1. The lowest BCUT2D eigenvalue weighted by Gasteiger charge is -2.14. The molecule has 0 radical (unpaired) electrons. The van der Waals surface area contributed by atoms with Gasteiger partial charge in [-0.3, -0.25) is 9.63 Å². The molecule has 0 N–H and O–H groups in total. The molecule has 2 saturated carbocycles. The molecule has 3 heteroatoms. The third-order valence-corrected chi connectivity index (χ3v) is 3.28. The molecule has 2 rings (SSSR count). The highest BCUT2D eigenvalue weighted by atomic mass is 16.7. The molecular weight excluding hydrogens is 154 g/mol. The normalized spacial score (nSPS) is 37.7. The van der Waals surface area contributed by atoms with Crippen LogP contribution < -0.4 is 0 Å². The van der Waals surface area contributed by atoms with E-state index in [4.69, 9.17) is 4.84 Å². The second-order valence-electron chi connectivity index (χ2n) is 3.80. The minimum Gasteiger partial charge on any atom is -0.275 e. The summed E-state index contributed by atoms with van der Waals surface area (Å²) in [5.41, 5.74) is 0. The van der Waals surface area contributed by atoms with Crippen LogP contribution in [0, 0.1) is 17.8 Å². The van der Waals surface area contributed by atoms with Gasteiger partial charge in [0.2, 0.25) is 5.91 Å². The maximum atomic E-state index is 11.6.